The van der Waals surface area contributed by atoms with Crippen molar-refractivity contribution in [3.05, 3.63) is 11.6 Å². The van der Waals surface area contributed by atoms with Crippen molar-refractivity contribution < 1.29 is 69.4 Å². The molecule has 0 bridgehead atoms. The average molecular weight is 781 g/mol. The van der Waals surface area contributed by atoms with E-state index in [-0.39, 0.29) is 34.0 Å². The van der Waals surface area contributed by atoms with Gasteiger partial charge in [-0.1, -0.05) is 60.1 Å². The van der Waals surface area contributed by atoms with Crippen molar-refractivity contribution in [3.8, 4) is 0 Å². The van der Waals surface area contributed by atoms with Crippen LogP contribution in [0.4, 0.5) is 0 Å². The highest BCUT2D eigenvalue weighted by Crippen LogP contribution is 2.76. The molecule has 0 amide bonds. The molecule has 0 radical (unpaired) electrons. The van der Waals surface area contributed by atoms with E-state index in [2.05, 4.69) is 54.5 Å². The number of fused-ring (bicyclic) bond motifs is 7. The van der Waals surface area contributed by atoms with Gasteiger partial charge < -0.3 is 59.8 Å². The smallest absolute Gasteiger partial charge is 0.335 e. The molecule has 7 rings (SSSR count). The number of aliphatic hydroxyl groups excluding tert-OH is 6. The van der Waals surface area contributed by atoms with Crippen molar-refractivity contribution in [2.75, 3.05) is 6.61 Å². The third-order valence-electron chi connectivity index (χ3n) is 16.9. The summed E-state index contributed by atoms with van der Waals surface area (Å²) in [5, 5.41) is 85.5. The highest BCUT2D eigenvalue weighted by Gasteiger charge is 2.71. The number of hydrogen-bond donors (Lipinski definition) is 8. The van der Waals surface area contributed by atoms with E-state index in [1.54, 1.807) is 0 Å². The molecule has 14 heteroatoms. The van der Waals surface area contributed by atoms with Gasteiger partial charge in [0.05, 0.1) is 18.8 Å². The third-order valence-corrected chi connectivity index (χ3v) is 16.9. The maximum absolute atomic E-state index is 13.1. The fourth-order valence-electron chi connectivity index (χ4n) is 13.5. The minimum absolute atomic E-state index is 0.0311. The van der Waals surface area contributed by atoms with Gasteiger partial charge >= 0.3 is 11.9 Å². The van der Waals surface area contributed by atoms with E-state index >= 15 is 0 Å². The number of aliphatic carboxylic acids is 2. The van der Waals surface area contributed by atoms with Gasteiger partial charge in [-0.2, -0.15) is 0 Å². The first-order chi connectivity index (χ1) is 25.5. The Hall–Kier alpha value is -1.72. The molecule has 4 saturated carbocycles. The number of carboxylic acids is 2. The summed E-state index contributed by atoms with van der Waals surface area (Å²) >= 11 is 0. The molecule has 0 aromatic rings. The van der Waals surface area contributed by atoms with Gasteiger partial charge in [-0.3, -0.25) is 4.79 Å². The van der Waals surface area contributed by atoms with Crippen molar-refractivity contribution in [3.63, 3.8) is 0 Å². The number of ether oxygens (including phenoxy) is 4. The Morgan fingerprint density at radius 1 is 0.764 bits per heavy atom. The molecule has 2 heterocycles. The number of rotatable bonds is 6. The molecule has 18 atom stereocenters. The summed E-state index contributed by atoms with van der Waals surface area (Å²) in [5.41, 5.74) is -1.22. The minimum Gasteiger partial charge on any atom is -0.481 e. The monoisotopic (exact) mass is 780 g/mol. The number of carbonyl (C=O) groups is 2. The van der Waals surface area contributed by atoms with Crippen LogP contribution in [0.15, 0.2) is 11.6 Å². The first kappa shape index (κ1) is 41.4. The van der Waals surface area contributed by atoms with Crippen LogP contribution in [0.25, 0.3) is 0 Å². The summed E-state index contributed by atoms with van der Waals surface area (Å²) in [5.74, 6) is -2.23. The van der Waals surface area contributed by atoms with Crippen molar-refractivity contribution in [1.29, 1.82) is 0 Å². The Morgan fingerprint density at radius 2 is 1.44 bits per heavy atom. The summed E-state index contributed by atoms with van der Waals surface area (Å²) in [6, 6.07) is 0. The Morgan fingerprint density at radius 3 is 2.09 bits per heavy atom. The third kappa shape index (κ3) is 6.01. The minimum atomic E-state index is -1.82. The number of hydrogen-bond acceptors (Lipinski definition) is 12. The molecule has 0 aromatic carbocycles. The number of carboxylic acid groups (broad SMARTS) is 2. The Labute approximate surface area is 323 Å². The largest absolute Gasteiger partial charge is 0.481 e. The Balaban J connectivity index is 1.11. The second kappa shape index (κ2) is 13.7. The summed E-state index contributed by atoms with van der Waals surface area (Å²) in [6.07, 6.45) is -7.78. The molecule has 7 aliphatic rings. The van der Waals surface area contributed by atoms with Crippen molar-refractivity contribution in [2.24, 2.45) is 50.2 Å². The maximum Gasteiger partial charge on any atom is 0.335 e. The number of allylic oxidation sites excluding steroid dienone is 2. The van der Waals surface area contributed by atoms with Crippen LogP contribution >= 0.6 is 0 Å². The van der Waals surface area contributed by atoms with E-state index in [0.717, 1.165) is 38.5 Å². The topological polar surface area (TPSA) is 233 Å². The van der Waals surface area contributed by atoms with Gasteiger partial charge in [0, 0.05) is 0 Å². The first-order valence-electron chi connectivity index (χ1n) is 20.3. The Kier molecular flexibility index (Phi) is 10.3. The quantitative estimate of drug-likeness (QED) is 0.143. The van der Waals surface area contributed by atoms with Crippen LogP contribution in [0.1, 0.15) is 106 Å². The normalized spacial score (nSPS) is 53.1. The molecule has 5 aliphatic carbocycles. The zero-order valence-electron chi connectivity index (χ0n) is 33.3. The van der Waals surface area contributed by atoms with Gasteiger partial charge in [0.1, 0.15) is 42.0 Å². The van der Waals surface area contributed by atoms with Crippen LogP contribution in [0.3, 0.4) is 0 Å². The molecule has 6 fully saturated rings. The van der Waals surface area contributed by atoms with Gasteiger partial charge in [0.25, 0.3) is 0 Å². The first-order valence-corrected chi connectivity index (χ1v) is 20.3. The number of aliphatic hydroxyl groups is 6. The van der Waals surface area contributed by atoms with E-state index in [4.69, 9.17) is 18.9 Å². The zero-order chi connectivity index (χ0) is 40.4. The summed E-state index contributed by atoms with van der Waals surface area (Å²) < 4.78 is 23.1. The van der Waals surface area contributed by atoms with Gasteiger partial charge in [-0.05, 0) is 103 Å². The van der Waals surface area contributed by atoms with E-state index in [1.165, 1.54) is 5.57 Å². The lowest BCUT2D eigenvalue weighted by atomic mass is 9.33. The molecule has 55 heavy (non-hydrogen) atoms. The van der Waals surface area contributed by atoms with Crippen LogP contribution < -0.4 is 0 Å². The fraction of sp³-hybridized carbons (Fsp3) is 0.902. The molecule has 2 aliphatic heterocycles. The second-order valence-electron chi connectivity index (χ2n) is 20.4. The predicted octanol–water partition coefficient (Wildman–Crippen LogP) is 2.58. The van der Waals surface area contributed by atoms with Gasteiger partial charge in [0.2, 0.25) is 0 Å². The van der Waals surface area contributed by atoms with Crippen molar-refractivity contribution >= 4 is 11.9 Å². The molecule has 0 spiro atoms. The van der Waals surface area contributed by atoms with Gasteiger partial charge in [-0.15, -0.1) is 0 Å². The molecular formula is C41H64O14. The molecule has 14 nitrogen and oxygen atoms in total. The molecule has 2 saturated heterocycles. The molecule has 8 N–H and O–H groups in total. The van der Waals surface area contributed by atoms with E-state index < -0.39 is 102 Å². The SMILES string of the molecule is CC1(C)CC[C@@]2(C(=O)O)C(C1)C1=CCC3[C@@]4(C)CC[C@H](O[C@@H]5O[C@H](C(=O)O)[C@@H](O[C@@H]6OC[C@@H](O)[C@H](O)[C@H]6O)[C@H](O)[C@H]5O)C(C)(C)C4CC[C@@]3(C)[C@]1(C)C[C@H]2O. The summed E-state index contributed by atoms with van der Waals surface area (Å²) in [4.78, 5) is 25.5. The maximum atomic E-state index is 13.1. The predicted molar refractivity (Wildman–Crippen MR) is 194 cm³/mol. The fourth-order valence-corrected chi connectivity index (χ4v) is 13.5. The van der Waals surface area contributed by atoms with Crippen LogP contribution in [0.2, 0.25) is 0 Å². The summed E-state index contributed by atoms with van der Waals surface area (Å²) in [7, 11) is 0. The van der Waals surface area contributed by atoms with Crippen molar-refractivity contribution in [2.45, 2.75) is 174 Å². The van der Waals surface area contributed by atoms with E-state index in [1.807, 2.05) is 0 Å². The van der Waals surface area contributed by atoms with Crippen molar-refractivity contribution in [1.82, 2.24) is 0 Å². The standard InChI is InChI=1S/C41H64O14/c1-36(2)14-15-41(35(50)51)20(16-36)19-8-9-23-38(5)12-11-25(37(3,4)22(38)10-13-39(23,6)40(19,7)17-24(41)43)53-34-29(47)27(45)30(31(55-34)32(48)49)54-33-28(46)26(44)21(42)18-52-33/h8,20-31,33-34,42-47H,9-18H2,1-7H3,(H,48,49)(H,50,51)/t20?,21-,22?,23?,24-,25+,26+,27-,28-,29-,30+,31+,33+,34-,38+,39-,40-,41-/m1/s1. The average Bonchev–Trinajstić information content (AvgIpc) is 3.08. The van der Waals surface area contributed by atoms with E-state index in [9.17, 15) is 50.4 Å². The summed E-state index contributed by atoms with van der Waals surface area (Å²) in [6.45, 7) is 15.3. The van der Waals surface area contributed by atoms with Crippen LogP contribution in [0.5, 0.6) is 0 Å². The molecular weight excluding hydrogens is 716 g/mol. The van der Waals surface area contributed by atoms with E-state index in [0.29, 0.717) is 19.3 Å². The second-order valence-corrected chi connectivity index (χ2v) is 20.4. The van der Waals surface area contributed by atoms with Gasteiger partial charge in [0.15, 0.2) is 18.7 Å². The van der Waals surface area contributed by atoms with Crippen LogP contribution in [-0.4, -0.2) is 127 Å². The Bertz CT molecular complexity index is 1550. The molecule has 0 aromatic heterocycles. The zero-order valence-corrected chi connectivity index (χ0v) is 33.3. The van der Waals surface area contributed by atoms with Gasteiger partial charge in [-0.25, -0.2) is 4.79 Å². The molecule has 3 unspecified atom stereocenters. The highest BCUT2D eigenvalue weighted by atomic mass is 16.7. The van der Waals surface area contributed by atoms with Crippen LogP contribution in [-0.2, 0) is 28.5 Å². The highest BCUT2D eigenvalue weighted by molar-refractivity contribution is 5.77. The lowest BCUT2D eigenvalue weighted by Gasteiger charge is -2.71. The van der Waals surface area contributed by atoms with Crippen LogP contribution in [0, 0.1) is 50.2 Å². The lowest BCUT2D eigenvalue weighted by molar-refractivity contribution is -0.354. The lowest BCUT2D eigenvalue weighted by Crippen LogP contribution is -2.68. The molecule has 312 valence electrons.